The second-order valence-electron chi connectivity index (χ2n) is 2.91. The van der Waals surface area contributed by atoms with Crippen LogP contribution in [0.15, 0.2) is 34.9 Å². The molecular formula is C11H12BrNO2. The first-order valence-electron chi connectivity index (χ1n) is 4.41. The zero-order valence-corrected chi connectivity index (χ0v) is 10.2. The minimum Gasteiger partial charge on any atom is -0.466 e. The van der Waals surface area contributed by atoms with E-state index in [1.807, 2.05) is 25.1 Å². The molecule has 15 heavy (non-hydrogen) atoms. The lowest BCUT2D eigenvalue weighted by Crippen LogP contribution is -1.97. The van der Waals surface area contributed by atoms with Crippen LogP contribution in [0.2, 0.25) is 0 Å². The van der Waals surface area contributed by atoms with E-state index in [-0.39, 0.29) is 5.97 Å². The molecule has 0 aliphatic heterocycles. The smallest absolute Gasteiger partial charge is 0.331 e. The van der Waals surface area contributed by atoms with Crippen molar-refractivity contribution in [1.29, 1.82) is 0 Å². The molecule has 0 saturated carbocycles. The lowest BCUT2D eigenvalue weighted by atomic mass is 10.2. The molecule has 0 unspecified atom stereocenters. The van der Waals surface area contributed by atoms with Crippen LogP contribution in [0.1, 0.15) is 5.56 Å². The van der Waals surface area contributed by atoms with Gasteiger partial charge in [0.25, 0.3) is 0 Å². The van der Waals surface area contributed by atoms with E-state index in [1.54, 1.807) is 6.20 Å². The van der Waals surface area contributed by atoms with E-state index in [0.717, 1.165) is 15.7 Å². The highest BCUT2D eigenvalue weighted by Crippen LogP contribution is 2.23. The SMILES string of the molecule is COC(=O)/C=C/Nc1cccc(Br)c1C. The fourth-order valence-corrected chi connectivity index (χ4v) is 1.40. The van der Waals surface area contributed by atoms with E-state index in [2.05, 4.69) is 26.0 Å². The van der Waals surface area contributed by atoms with Crippen LogP contribution >= 0.6 is 15.9 Å². The fraction of sp³-hybridized carbons (Fsp3) is 0.182. The van der Waals surface area contributed by atoms with Gasteiger partial charge in [0, 0.05) is 22.4 Å². The van der Waals surface area contributed by atoms with Gasteiger partial charge in [-0.25, -0.2) is 4.79 Å². The number of carbonyl (C=O) groups is 1. The van der Waals surface area contributed by atoms with Gasteiger partial charge < -0.3 is 10.1 Å². The predicted octanol–water partition coefficient (Wildman–Crippen LogP) is 2.86. The van der Waals surface area contributed by atoms with Crippen molar-refractivity contribution in [1.82, 2.24) is 0 Å². The summed E-state index contributed by atoms with van der Waals surface area (Å²) in [7, 11) is 1.34. The van der Waals surface area contributed by atoms with Crippen LogP contribution in [-0.2, 0) is 9.53 Å². The van der Waals surface area contributed by atoms with Crippen LogP contribution in [0.25, 0.3) is 0 Å². The third-order valence-electron chi connectivity index (χ3n) is 1.93. The monoisotopic (exact) mass is 269 g/mol. The molecule has 1 aromatic carbocycles. The topological polar surface area (TPSA) is 38.3 Å². The summed E-state index contributed by atoms with van der Waals surface area (Å²) >= 11 is 3.42. The molecule has 0 saturated heterocycles. The number of ether oxygens (including phenoxy) is 1. The van der Waals surface area contributed by atoms with Crippen LogP contribution < -0.4 is 5.32 Å². The number of nitrogens with one attached hydrogen (secondary N) is 1. The van der Waals surface area contributed by atoms with Crippen molar-refractivity contribution < 1.29 is 9.53 Å². The molecule has 0 bridgehead atoms. The number of halogens is 1. The second-order valence-corrected chi connectivity index (χ2v) is 3.77. The van der Waals surface area contributed by atoms with E-state index in [1.165, 1.54) is 13.2 Å². The number of benzene rings is 1. The molecular weight excluding hydrogens is 258 g/mol. The Kier molecular flexibility index (Phi) is 4.37. The molecule has 4 heteroatoms. The van der Waals surface area contributed by atoms with E-state index < -0.39 is 0 Å². The zero-order valence-electron chi connectivity index (χ0n) is 8.58. The molecule has 0 aliphatic rings. The summed E-state index contributed by atoms with van der Waals surface area (Å²) in [6.45, 7) is 1.98. The first-order chi connectivity index (χ1) is 7.15. The predicted molar refractivity (Wildman–Crippen MR) is 63.7 cm³/mol. The standard InChI is InChI=1S/C11H12BrNO2/c1-8-9(12)4-3-5-10(8)13-7-6-11(14)15-2/h3-7,13H,1-2H3/b7-6+. The maximum atomic E-state index is 10.8. The number of esters is 1. The van der Waals surface area contributed by atoms with Crippen molar-refractivity contribution in [2.24, 2.45) is 0 Å². The molecule has 0 heterocycles. The molecule has 1 N–H and O–H groups in total. The lowest BCUT2D eigenvalue weighted by Gasteiger charge is -2.06. The Balaban J connectivity index is 2.70. The van der Waals surface area contributed by atoms with Gasteiger partial charge in [0.2, 0.25) is 0 Å². The Morgan fingerprint density at radius 2 is 2.27 bits per heavy atom. The summed E-state index contributed by atoms with van der Waals surface area (Å²) < 4.78 is 5.49. The number of carbonyl (C=O) groups excluding carboxylic acids is 1. The normalized spacial score (nSPS) is 10.3. The average molecular weight is 270 g/mol. The van der Waals surface area contributed by atoms with Gasteiger partial charge in [-0.3, -0.25) is 0 Å². The second kappa shape index (κ2) is 5.56. The third-order valence-corrected chi connectivity index (χ3v) is 2.79. The Hall–Kier alpha value is -1.29. The fourth-order valence-electron chi connectivity index (χ4n) is 1.03. The van der Waals surface area contributed by atoms with Crippen molar-refractivity contribution in [2.45, 2.75) is 6.92 Å². The minimum absolute atomic E-state index is 0.379. The zero-order chi connectivity index (χ0) is 11.3. The van der Waals surface area contributed by atoms with Crippen molar-refractivity contribution in [3.63, 3.8) is 0 Å². The van der Waals surface area contributed by atoms with E-state index in [0.29, 0.717) is 0 Å². The molecule has 0 amide bonds. The number of hydrogen-bond donors (Lipinski definition) is 1. The largest absolute Gasteiger partial charge is 0.466 e. The lowest BCUT2D eigenvalue weighted by molar-refractivity contribution is -0.134. The van der Waals surface area contributed by atoms with Crippen LogP contribution in [-0.4, -0.2) is 13.1 Å². The molecule has 1 aromatic rings. The number of rotatable bonds is 3. The molecule has 3 nitrogen and oxygen atoms in total. The summed E-state index contributed by atoms with van der Waals surface area (Å²) in [6, 6.07) is 5.82. The molecule has 0 spiro atoms. The quantitative estimate of drug-likeness (QED) is 0.678. The highest BCUT2D eigenvalue weighted by Gasteiger charge is 1.99. The Labute approximate surface area is 97.3 Å². The molecule has 0 aliphatic carbocycles. The maximum absolute atomic E-state index is 10.8. The van der Waals surface area contributed by atoms with Crippen LogP contribution in [0.5, 0.6) is 0 Å². The van der Waals surface area contributed by atoms with Crippen molar-refractivity contribution >= 4 is 27.6 Å². The van der Waals surface area contributed by atoms with E-state index in [9.17, 15) is 4.79 Å². The maximum Gasteiger partial charge on any atom is 0.331 e. The Bertz CT molecular complexity index is 388. The summed E-state index contributed by atoms with van der Waals surface area (Å²) in [5.41, 5.74) is 2.04. The number of methoxy groups -OCH3 is 1. The van der Waals surface area contributed by atoms with Crippen molar-refractivity contribution in [3.8, 4) is 0 Å². The molecule has 0 radical (unpaired) electrons. The molecule has 80 valence electrons. The highest BCUT2D eigenvalue weighted by atomic mass is 79.9. The first kappa shape index (κ1) is 11.8. The van der Waals surface area contributed by atoms with E-state index >= 15 is 0 Å². The summed E-state index contributed by atoms with van der Waals surface area (Å²) in [4.78, 5) is 10.8. The summed E-state index contributed by atoms with van der Waals surface area (Å²) in [5.74, 6) is -0.379. The van der Waals surface area contributed by atoms with Gasteiger partial charge in [-0.2, -0.15) is 0 Å². The van der Waals surface area contributed by atoms with Gasteiger partial charge in [-0.05, 0) is 24.6 Å². The third kappa shape index (κ3) is 3.40. The Morgan fingerprint density at radius 1 is 1.53 bits per heavy atom. The van der Waals surface area contributed by atoms with Gasteiger partial charge in [-0.15, -0.1) is 0 Å². The van der Waals surface area contributed by atoms with Gasteiger partial charge in [0.05, 0.1) is 7.11 Å². The van der Waals surface area contributed by atoms with Gasteiger partial charge in [0.15, 0.2) is 0 Å². The molecule has 0 fully saturated rings. The van der Waals surface area contributed by atoms with Crippen LogP contribution in [0.3, 0.4) is 0 Å². The number of hydrogen-bond acceptors (Lipinski definition) is 3. The number of anilines is 1. The van der Waals surface area contributed by atoms with E-state index in [4.69, 9.17) is 0 Å². The van der Waals surface area contributed by atoms with Crippen molar-refractivity contribution in [3.05, 3.63) is 40.5 Å². The molecule has 1 rings (SSSR count). The summed E-state index contributed by atoms with van der Waals surface area (Å²) in [5, 5.41) is 3.01. The van der Waals surface area contributed by atoms with Gasteiger partial charge >= 0.3 is 5.97 Å². The Morgan fingerprint density at radius 3 is 2.93 bits per heavy atom. The van der Waals surface area contributed by atoms with Crippen LogP contribution in [0, 0.1) is 6.92 Å². The average Bonchev–Trinajstić information content (AvgIpc) is 2.24. The van der Waals surface area contributed by atoms with Gasteiger partial charge in [0.1, 0.15) is 0 Å². The summed E-state index contributed by atoms with van der Waals surface area (Å²) in [6.07, 6.45) is 2.89. The minimum atomic E-state index is -0.379. The van der Waals surface area contributed by atoms with Gasteiger partial charge in [-0.1, -0.05) is 22.0 Å². The van der Waals surface area contributed by atoms with Crippen molar-refractivity contribution in [2.75, 3.05) is 12.4 Å². The molecule has 0 aromatic heterocycles. The molecule has 0 atom stereocenters. The first-order valence-corrected chi connectivity index (χ1v) is 5.20. The highest BCUT2D eigenvalue weighted by molar-refractivity contribution is 9.10. The van der Waals surface area contributed by atoms with Crippen LogP contribution in [0.4, 0.5) is 5.69 Å².